The quantitative estimate of drug-likeness (QED) is 0.878. The lowest BCUT2D eigenvalue weighted by Crippen LogP contribution is -2.18. The van der Waals surface area contributed by atoms with Crippen LogP contribution in [-0.2, 0) is 7.05 Å². The first-order valence-electron chi connectivity index (χ1n) is 6.39. The average Bonchev–Trinajstić information content (AvgIpc) is 3.01. The van der Waals surface area contributed by atoms with E-state index in [-0.39, 0.29) is 0 Å². The Morgan fingerprint density at radius 1 is 1.17 bits per heavy atom. The summed E-state index contributed by atoms with van der Waals surface area (Å²) in [4.78, 5) is 2.43. The molecule has 1 fully saturated rings. The van der Waals surface area contributed by atoms with E-state index in [0.29, 0.717) is 5.82 Å². The van der Waals surface area contributed by atoms with Gasteiger partial charge in [0.15, 0.2) is 0 Å². The van der Waals surface area contributed by atoms with Crippen LogP contribution in [0.15, 0.2) is 30.3 Å². The smallest absolute Gasteiger partial charge is 0.121 e. The van der Waals surface area contributed by atoms with Crippen molar-refractivity contribution in [2.75, 3.05) is 23.7 Å². The molecule has 0 unspecified atom stereocenters. The molecular formula is C14H18N4. The molecule has 1 aliphatic heterocycles. The molecule has 4 nitrogen and oxygen atoms in total. The summed E-state index contributed by atoms with van der Waals surface area (Å²) in [6, 6.07) is 10.4. The molecule has 4 heteroatoms. The van der Waals surface area contributed by atoms with Crippen LogP contribution < -0.4 is 10.6 Å². The molecule has 0 aliphatic carbocycles. The third-order valence-corrected chi connectivity index (χ3v) is 3.54. The Morgan fingerprint density at radius 2 is 1.89 bits per heavy atom. The minimum atomic E-state index is 0.696. The second kappa shape index (κ2) is 4.37. The van der Waals surface area contributed by atoms with Gasteiger partial charge in [-0.25, -0.2) is 0 Å². The van der Waals surface area contributed by atoms with Gasteiger partial charge in [-0.05, 0) is 18.9 Å². The van der Waals surface area contributed by atoms with E-state index in [0.717, 1.165) is 18.8 Å². The Balaban J connectivity index is 2.05. The van der Waals surface area contributed by atoms with E-state index in [1.54, 1.807) is 4.68 Å². The second-order valence-corrected chi connectivity index (χ2v) is 4.79. The van der Waals surface area contributed by atoms with Crippen molar-refractivity contribution in [2.24, 2.45) is 7.05 Å². The summed E-state index contributed by atoms with van der Waals surface area (Å²) in [5, 5.41) is 4.48. The van der Waals surface area contributed by atoms with Crippen LogP contribution in [0.3, 0.4) is 0 Å². The lowest BCUT2D eigenvalue weighted by Gasteiger charge is -2.20. The summed E-state index contributed by atoms with van der Waals surface area (Å²) in [7, 11) is 1.87. The Bertz CT molecular complexity index is 533. The van der Waals surface area contributed by atoms with E-state index < -0.39 is 0 Å². The van der Waals surface area contributed by atoms with Crippen LogP contribution in [0.25, 0.3) is 11.3 Å². The number of aryl methyl sites for hydroxylation is 1. The van der Waals surface area contributed by atoms with Gasteiger partial charge in [-0.2, -0.15) is 5.10 Å². The van der Waals surface area contributed by atoms with Gasteiger partial charge in [0.2, 0.25) is 0 Å². The summed E-state index contributed by atoms with van der Waals surface area (Å²) in [6.07, 6.45) is 2.55. The molecule has 0 radical (unpaired) electrons. The number of nitrogens with zero attached hydrogens (tertiary/aromatic N) is 3. The lowest BCUT2D eigenvalue weighted by atomic mass is 10.1. The Morgan fingerprint density at radius 3 is 2.56 bits per heavy atom. The predicted molar refractivity (Wildman–Crippen MR) is 74.5 cm³/mol. The Hall–Kier alpha value is -1.97. The maximum Gasteiger partial charge on any atom is 0.121 e. The molecule has 2 aromatic rings. The molecule has 1 aromatic carbocycles. The predicted octanol–water partition coefficient (Wildman–Crippen LogP) is 2.27. The van der Waals surface area contributed by atoms with Gasteiger partial charge >= 0.3 is 0 Å². The molecule has 2 heterocycles. The summed E-state index contributed by atoms with van der Waals surface area (Å²) < 4.78 is 1.72. The third kappa shape index (κ3) is 1.83. The fourth-order valence-electron chi connectivity index (χ4n) is 2.54. The van der Waals surface area contributed by atoms with Gasteiger partial charge in [0.1, 0.15) is 5.82 Å². The van der Waals surface area contributed by atoms with Crippen LogP contribution in [-0.4, -0.2) is 22.9 Å². The number of aromatic nitrogens is 2. The molecule has 1 saturated heterocycles. The summed E-state index contributed by atoms with van der Waals surface area (Å²) in [6.45, 7) is 2.28. The zero-order valence-electron chi connectivity index (χ0n) is 10.6. The van der Waals surface area contributed by atoms with Crippen LogP contribution in [0.1, 0.15) is 12.8 Å². The summed E-state index contributed by atoms with van der Waals surface area (Å²) >= 11 is 0. The SMILES string of the molecule is Cn1nc(-c2ccccc2N2CCCC2)cc1N. The molecule has 1 aliphatic rings. The maximum absolute atomic E-state index is 5.87. The van der Waals surface area contributed by atoms with Crippen LogP contribution in [0.4, 0.5) is 11.5 Å². The monoisotopic (exact) mass is 242 g/mol. The Labute approximate surface area is 107 Å². The van der Waals surface area contributed by atoms with E-state index in [1.807, 2.05) is 13.1 Å². The average molecular weight is 242 g/mol. The molecule has 18 heavy (non-hydrogen) atoms. The van der Waals surface area contributed by atoms with E-state index in [9.17, 15) is 0 Å². The zero-order valence-corrected chi connectivity index (χ0v) is 10.6. The fourth-order valence-corrected chi connectivity index (χ4v) is 2.54. The molecule has 1 aromatic heterocycles. The molecule has 0 bridgehead atoms. The van der Waals surface area contributed by atoms with Gasteiger partial charge in [-0.15, -0.1) is 0 Å². The normalized spacial score (nSPS) is 15.3. The van der Waals surface area contributed by atoms with E-state index in [4.69, 9.17) is 5.73 Å². The summed E-state index contributed by atoms with van der Waals surface area (Å²) in [5.41, 5.74) is 9.27. The molecule has 3 rings (SSSR count). The number of anilines is 2. The molecule has 0 saturated carbocycles. The van der Waals surface area contributed by atoms with Gasteiger partial charge in [0, 0.05) is 37.5 Å². The molecular weight excluding hydrogens is 224 g/mol. The van der Waals surface area contributed by atoms with Crippen molar-refractivity contribution >= 4 is 11.5 Å². The van der Waals surface area contributed by atoms with Gasteiger partial charge in [-0.1, -0.05) is 18.2 Å². The van der Waals surface area contributed by atoms with Crippen LogP contribution in [0, 0.1) is 0 Å². The molecule has 0 amide bonds. The van der Waals surface area contributed by atoms with Crippen molar-refractivity contribution in [3.05, 3.63) is 30.3 Å². The number of nitrogen functional groups attached to an aromatic ring is 1. The highest BCUT2D eigenvalue weighted by Gasteiger charge is 2.17. The summed E-state index contributed by atoms with van der Waals surface area (Å²) in [5.74, 6) is 0.696. The van der Waals surface area contributed by atoms with Crippen molar-refractivity contribution in [1.29, 1.82) is 0 Å². The largest absolute Gasteiger partial charge is 0.384 e. The van der Waals surface area contributed by atoms with Gasteiger partial charge in [-0.3, -0.25) is 4.68 Å². The van der Waals surface area contributed by atoms with Crippen molar-refractivity contribution in [2.45, 2.75) is 12.8 Å². The number of para-hydroxylation sites is 1. The number of hydrogen-bond acceptors (Lipinski definition) is 3. The highest BCUT2D eigenvalue weighted by molar-refractivity contribution is 5.77. The minimum absolute atomic E-state index is 0.696. The first-order chi connectivity index (χ1) is 8.75. The second-order valence-electron chi connectivity index (χ2n) is 4.79. The van der Waals surface area contributed by atoms with Crippen LogP contribution >= 0.6 is 0 Å². The molecule has 0 spiro atoms. The van der Waals surface area contributed by atoms with Crippen LogP contribution in [0.5, 0.6) is 0 Å². The first-order valence-corrected chi connectivity index (χ1v) is 6.39. The highest BCUT2D eigenvalue weighted by atomic mass is 15.3. The van der Waals surface area contributed by atoms with Gasteiger partial charge < -0.3 is 10.6 Å². The number of rotatable bonds is 2. The van der Waals surface area contributed by atoms with Crippen molar-refractivity contribution < 1.29 is 0 Å². The van der Waals surface area contributed by atoms with Crippen molar-refractivity contribution in [1.82, 2.24) is 9.78 Å². The Kier molecular flexibility index (Phi) is 2.70. The lowest BCUT2D eigenvalue weighted by molar-refractivity contribution is 0.782. The third-order valence-electron chi connectivity index (χ3n) is 3.54. The van der Waals surface area contributed by atoms with Gasteiger partial charge in [0.05, 0.1) is 5.69 Å². The fraction of sp³-hybridized carbons (Fsp3) is 0.357. The number of benzene rings is 1. The molecule has 2 N–H and O–H groups in total. The number of nitrogens with two attached hydrogens (primary N) is 1. The topological polar surface area (TPSA) is 47.1 Å². The first kappa shape index (κ1) is 11.1. The maximum atomic E-state index is 5.87. The number of hydrogen-bond donors (Lipinski definition) is 1. The zero-order chi connectivity index (χ0) is 12.5. The van der Waals surface area contributed by atoms with E-state index in [1.165, 1.54) is 24.1 Å². The standard InChI is InChI=1S/C14H18N4/c1-17-14(15)10-12(16-17)11-6-2-3-7-13(11)18-8-4-5-9-18/h2-3,6-7,10H,4-5,8-9,15H2,1H3. The van der Waals surface area contributed by atoms with E-state index >= 15 is 0 Å². The highest BCUT2D eigenvalue weighted by Crippen LogP contribution is 2.32. The minimum Gasteiger partial charge on any atom is -0.384 e. The van der Waals surface area contributed by atoms with Crippen molar-refractivity contribution in [3.8, 4) is 11.3 Å². The van der Waals surface area contributed by atoms with Crippen LogP contribution in [0.2, 0.25) is 0 Å². The van der Waals surface area contributed by atoms with E-state index in [2.05, 4.69) is 34.3 Å². The molecule has 0 atom stereocenters. The molecule has 94 valence electrons. The van der Waals surface area contributed by atoms with Gasteiger partial charge in [0.25, 0.3) is 0 Å². The van der Waals surface area contributed by atoms with Crippen molar-refractivity contribution in [3.63, 3.8) is 0 Å².